The van der Waals surface area contributed by atoms with Crippen molar-refractivity contribution in [2.24, 2.45) is 0 Å². The summed E-state index contributed by atoms with van der Waals surface area (Å²) < 4.78 is 5.76. The van der Waals surface area contributed by atoms with Crippen molar-refractivity contribution >= 4 is 51.5 Å². The molecule has 0 atom stereocenters. The number of nitriles is 1. The van der Waals surface area contributed by atoms with Crippen LogP contribution in [-0.4, -0.2) is 17.5 Å². The van der Waals surface area contributed by atoms with E-state index in [1.165, 1.54) is 12.3 Å². The second-order valence-electron chi connectivity index (χ2n) is 7.32. The fourth-order valence-corrected chi connectivity index (χ4v) is 3.53. The minimum absolute atomic E-state index is 0.305. The number of aromatic nitrogens is 1. The highest BCUT2D eigenvalue weighted by Gasteiger charge is 2.15. The first-order valence-electron chi connectivity index (χ1n) is 10.6. The van der Waals surface area contributed by atoms with Gasteiger partial charge in [0.1, 0.15) is 11.8 Å². The van der Waals surface area contributed by atoms with E-state index >= 15 is 0 Å². The number of rotatable bonds is 7. The lowest BCUT2D eigenvalue weighted by molar-refractivity contribution is -0.111. The number of carbonyl (C=O) groups excluding carboxylic acids is 1. The van der Waals surface area contributed by atoms with Crippen molar-refractivity contribution in [2.75, 3.05) is 17.2 Å². The fraction of sp³-hybridized carbons (Fsp3) is 0.0741. The zero-order valence-electron chi connectivity index (χ0n) is 18.4. The van der Waals surface area contributed by atoms with Crippen molar-refractivity contribution in [1.82, 2.24) is 4.98 Å². The molecule has 1 aromatic heterocycles. The summed E-state index contributed by atoms with van der Waals surface area (Å²) in [5.41, 5.74) is 3.73. The Labute approximate surface area is 202 Å². The van der Waals surface area contributed by atoms with Crippen LogP contribution in [0.5, 0.6) is 5.75 Å². The van der Waals surface area contributed by atoms with Gasteiger partial charge in [0, 0.05) is 34.4 Å². The first-order valence-corrected chi connectivity index (χ1v) is 11.0. The molecule has 7 heteroatoms. The van der Waals surface area contributed by atoms with Gasteiger partial charge in [0.2, 0.25) is 5.91 Å². The Morgan fingerprint density at radius 3 is 2.62 bits per heavy atom. The van der Waals surface area contributed by atoms with Crippen molar-refractivity contribution in [3.63, 3.8) is 0 Å². The number of hydrogen-bond acceptors (Lipinski definition) is 5. The molecule has 1 heterocycles. The summed E-state index contributed by atoms with van der Waals surface area (Å²) in [7, 11) is 0. The molecule has 0 bridgehead atoms. The maximum absolute atomic E-state index is 12.7. The molecule has 0 saturated heterocycles. The van der Waals surface area contributed by atoms with Crippen LogP contribution in [0.3, 0.4) is 0 Å². The lowest BCUT2D eigenvalue weighted by Crippen LogP contribution is -2.10. The Hall–Kier alpha value is -4.34. The first kappa shape index (κ1) is 22.8. The second kappa shape index (κ2) is 10.5. The third-order valence-electron chi connectivity index (χ3n) is 4.99. The highest BCUT2D eigenvalue weighted by Crippen LogP contribution is 2.36. The van der Waals surface area contributed by atoms with E-state index in [2.05, 4.69) is 21.7 Å². The summed E-state index contributed by atoms with van der Waals surface area (Å²) in [4.78, 5) is 17.1. The quantitative estimate of drug-likeness (QED) is 0.300. The largest absolute Gasteiger partial charge is 0.492 e. The van der Waals surface area contributed by atoms with E-state index in [-0.39, 0.29) is 5.91 Å². The van der Waals surface area contributed by atoms with E-state index in [1.807, 2.05) is 49.4 Å². The van der Waals surface area contributed by atoms with Crippen LogP contribution in [0.2, 0.25) is 5.02 Å². The molecule has 0 aliphatic rings. The number of pyridine rings is 1. The summed E-state index contributed by atoms with van der Waals surface area (Å²) in [6, 6.07) is 22.4. The van der Waals surface area contributed by atoms with Crippen LogP contribution in [0.1, 0.15) is 18.1 Å². The van der Waals surface area contributed by atoms with Crippen molar-refractivity contribution in [3.8, 4) is 11.8 Å². The Morgan fingerprint density at radius 1 is 1.15 bits per heavy atom. The Morgan fingerprint density at radius 2 is 1.91 bits per heavy atom. The average molecular weight is 469 g/mol. The third kappa shape index (κ3) is 5.34. The number of benzene rings is 3. The number of halogens is 1. The van der Waals surface area contributed by atoms with Crippen LogP contribution in [0, 0.1) is 11.3 Å². The molecule has 0 fully saturated rings. The predicted octanol–water partition coefficient (Wildman–Crippen LogP) is 6.55. The molecule has 34 heavy (non-hydrogen) atoms. The van der Waals surface area contributed by atoms with Crippen LogP contribution in [-0.2, 0) is 4.79 Å². The normalized spacial score (nSPS) is 10.7. The summed E-state index contributed by atoms with van der Waals surface area (Å²) in [6.07, 6.45) is 4.71. The molecule has 0 unspecified atom stereocenters. The monoisotopic (exact) mass is 468 g/mol. The number of carbonyl (C=O) groups is 1. The summed E-state index contributed by atoms with van der Waals surface area (Å²) in [6.45, 7) is 2.28. The van der Waals surface area contributed by atoms with Gasteiger partial charge in [0.05, 0.1) is 29.1 Å². The van der Waals surface area contributed by atoms with Gasteiger partial charge in [0.15, 0.2) is 0 Å². The highest BCUT2D eigenvalue weighted by atomic mass is 35.5. The van der Waals surface area contributed by atoms with Crippen molar-refractivity contribution in [1.29, 1.82) is 5.26 Å². The molecule has 0 spiro atoms. The Kier molecular flexibility index (Phi) is 7.07. The van der Waals surface area contributed by atoms with Gasteiger partial charge in [-0.05, 0) is 48.9 Å². The van der Waals surface area contributed by atoms with Crippen LogP contribution >= 0.6 is 11.6 Å². The van der Waals surface area contributed by atoms with E-state index in [1.54, 1.807) is 30.3 Å². The van der Waals surface area contributed by atoms with Crippen LogP contribution < -0.4 is 15.4 Å². The summed E-state index contributed by atoms with van der Waals surface area (Å²) >= 11 is 6.00. The van der Waals surface area contributed by atoms with Gasteiger partial charge < -0.3 is 15.4 Å². The Balaban J connectivity index is 1.73. The van der Waals surface area contributed by atoms with E-state index in [0.717, 1.165) is 11.3 Å². The molecule has 0 aliphatic carbocycles. The number of ether oxygens (including phenoxy) is 1. The maximum Gasteiger partial charge on any atom is 0.248 e. The van der Waals surface area contributed by atoms with Crippen molar-refractivity contribution < 1.29 is 9.53 Å². The molecule has 2 N–H and O–H groups in total. The highest BCUT2D eigenvalue weighted by molar-refractivity contribution is 6.30. The maximum atomic E-state index is 12.7. The average Bonchev–Trinajstić information content (AvgIpc) is 2.85. The minimum Gasteiger partial charge on any atom is -0.492 e. The van der Waals surface area contributed by atoms with Gasteiger partial charge in [-0.15, -0.1) is 0 Å². The van der Waals surface area contributed by atoms with Crippen LogP contribution in [0.4, 0.5) is 17.1 Å². The number of amides is 1. The first-order chi connectivity index (χ1) is 16.6. The molecule has 4 aromatic rings. The molecular weight excluding hydrogens is 448 g/mol. The zero-order valence-corrected chi connectivity index (χ0v) is 19.1. The van der Waals surface area contributed by atoms with Crippen LogP contribution in [0.25, 0.3) is 17.0 Å². The van der Waals surface area contributed by atoms with E-state index in [9.17, 15) is 10.1 Å². The predicted molar refractivity (Wildman–Crippen MR) is 136 cm³/mol. The molecule has 3 aromatic carbocycles. The van der Waals surface area contributed by atoms with E-state index in [0.29, 0.717) is 45.2 Å². The molecule has 0 saturated carbocycles. The summed E-state index contributed by atoms with van der Waals surface area (Å²) in [5, 5.41) is 17.1. The minimum atomic E-state index is -0.305. The van der Waals surface area contributed by atoms with E-state index in [4.69, 9.17) is 16.3 Å². The molecular formula is C27H21ClN4O2. The SMILES string of the molecule is CCOc1cc2ncc(C#N)c(Nc3ccc(Cl)cc3)c2cc1NC(=O)/C=C/c1ccccc1. The molecule has 0 aliphatic heterocycles. The van der Waals surface area contributed by atoms with E-state index < -0.39 is 0 Å². The zero-order chi connectivity index (χ0) is 23.9. The summed E-state index contributed by atoms with van der Waals surface area (Å²) in [5.74, 6) is 0.187. The van der Waals surface area contributed by atoms with Gasteiger partial charge >= 0.3 is 0 Å². The number of anilines is 3. The molecule has 168 valence electrons. The molecule has 6 nitrogen and oxygen atoms in total. The molecule has 1 amide bonds. The topological polar surface area (TPSA) is 87.0 Å². The number of nitrogens with one attached hydrogen (secondary N) is 2. The third-order valence-corrected chi connectivity index (χ3v) is 5.24. The lowest BCUT2D eigenvalue weighted by Gasteiger charge is -2.16. The smallest absolute Gasteiger partial charge is 0.248 e. The van der Waals surface area contributed by atoms with Gasteiger partial charge in [-0.25, -0.2) is 0 Å². The standard InChI is InChI=1S/C27H21ClN4O2/c1-2-34-25-15-23-22(14-24(25)32-26(33)13-8-18-6-4-3-5-7-18)27(19(16-29)17-30-23)31-21-11-9-20(28)10-12-21/h3-15,17H,2H2,1H3,(H,30,31)(H,32,33)/b13-8+. The second-order valence-corrected chi connectivity index (χ2v) is 7.76. The lowest BCUT2D eigenvalue weighted by atomic mass is 10.1. The number of fused-ring (bicyclic) bond motifs is 1. The van der Waals surface area contributed by atoms with Gasteiger partial charge in [-0.1, -0.05) is 41.9 Å². The van der Waals surface area contributed by atoms with Crippen molar-refractivity contribution in [2.45, 2.75) is 6.92 Å². The van der Waals surface area contributed by atoms with Gasteiger partial charge in [-0.3, -0.25) is 9.78 Å². The van der Waals surface area contributed by atoms with Gasteiger partial charge in [0.25, 0.3) is 0 Å². The van der Waals surface area contributed by atoms with Gasteiger partial charge in [-0.2, -0.15) is 5.26 Å². The fourth-order valence-electron chi connectivity index (χ4n) is 3.40. The number of hydrogen-bond donors (Lipinski definition) is 2. The molecule has 0 radical (unpaired) electrons. The molecule has 4 rings (SSSR count). The van der Waals surface area contributed by atoms with Crippen molar-refractivity contribution in [3.05, 3.63) is 95.2 Å². The Bertz CT molecular complexity index is 1390. The number of nitrogens with zero attached hydrogens (tertiary/aromatic N) is 2. The van der Waals surface area contributed by atoms with Crippen LogP contribution in [0.15, 0.2) is 79.0 Å².